The van der Waals surface area contributed by atoms with Gasteiger partial charge in [0.15, 0.2) is 11.6 Å². The van der Waals surface area contributed by atoms with Gasteiger partial charge < -0.3 is 10.4 Å². The molecule has 2 heterocycles. The van der Waals surface area contributed by atoms with Crippen LogP contribution in [0.4, 0.5) is 18.9 Å². The van der Waals surface area contributed by atoms with Gasteiger partial charge in [-0.2, -0.15) is 0 Å². The van der Waals surface area contributed by atoms with E-state index in [0.717, 1.165) is 30.0 Å². The number of benzene rings is 2. The Morgan fingerprint density at radius 1 is 1.05 bits per heavy atom. The Morgan fingerprint density at radius 3 is 2.55 bits per heavy atom. The van der Waals surface area contributed by atoms with Gasteiger partial charge in [-0.05, 0) is 54.1 Å². The van der Waals surface area contributed by atoms with Crippen molar-refractivity contribution >= 4 is 57.8 Å². The fourth-order valence-corrected chi connectivity index (χ4v) is 4.84. The largest absolute Gasteiger partial charge is 0.481 e. The Morgan fingerprint density at radius 2 is 1.84 bits per heavy atom. The van der Waals surface area contributed by atoms with Crippen molar-refractivity contribution in [2.24, 2.45) is 0 Å². The number of thioether (sulfide) groups is 1. The zero-order valence-electron chi connectivity index (χ0n) is 19.4. The zero-order valence-corrected chi connectivity index (χ0v) is 21.0. The number of amides is 2. The van der Waals surface area contributed by atoms with Gasteiger partial charge in [0.2, 0.25) is 5.91 Å². The number of anilines is 1. The van der Waals surface area contributed by atoms with Crippen molar-refractivity contribution in [3.63, 3.8) is 0 Å². The lowest BCUT2D eigenvalue weighted by molar-refractivity contribution is -0.136. The molecule has 0 unspecified atom stereocenters. The highest BCUT2D eigenvalue weighted by atomic mass is 32.2. The molecule has 0 bridgehead atoms. The molecule has 0 aliphatic carbocycles. The van der Waals surface area contributed by atoms with Crippen LogP contribution in [0.15, 0.2) is 59.5 Å². The number of carboxylic acids is 1. The maximum Gasteiger partial charge on any atom is 0.307 e. The SMILES string of the molecule is O=C(O)Cc1ccc(NC(=O)CCN2C(=O)C(=Cc3cccc(-c4ccc(F)c(F)c4)n3)SC2=S)c(F)c1. The predicted molar refractivity (Wildman–Crippen MR) is 140 cm³/mol. The fraction of sp³-hybridized carbons (Fsp3) is 0.115. The molecule has 0 radical (unpaired) electrons. The highest BCUT2D eigenvalue weighted by Gasteiger charge is 2.32. The summed E-state index contributed by atoms with van der Waals surface area (Å²) in [5.74, 6) is -4.85. The maximum atomic E-state index is 14.2. The Bertz CT molecular complexity index is 1500. The third-order valence-corrected chi connectivity index (χ3v) is 6.74. The van der Waals surface area contributed by atoms with E-state index in [9.17, 15) is 27.6 Å². The summed E-state index contributed by atoms with van der Waals surface area (Å²) in [4.78, 5) is 41.9. The van der Waals surface area contributed by atoms with Crippen LogP contribution in [0.5, 0.6) is 0 Å². The molecule has 1 fully saturated rings. The maximum absolute atomic E-state index is 14.2. The summed E-state index contributed by atoms with van der Waals surface area (Å²) in [6.07, 6.45) is 0.995. The fourth-order valence-electron chi connectivity index (χ4n) is 3.55. The van der Waals surface area contributed by atoms with Crippen LogP contribution in [-0.4, -0.2) is 43.6 Å². The number of nitrogens with one attached hydrogen (secondary N) is 1. The molecule has 1 aliphatic rings. The van der Waals surface area contributed by atoms with Gasteiger partial charge in [-0.3, -0.25) is 19.3 Å². The van der Waals surface area contributed by atoms with Gasteiger partial charge in [0, 0.05) is 18.5 Å². The Hall–Kier alpha value is -4.03. The van der Waals surface area contributed by atoms with E-state index < -0.39 is 35.2 Å². The van der Waals surface area contributed by atoms with Gasteiger partial charge in [0.05, 0.1) is 28.4 Å². The number of pyridine rings is 1. The molecule has 2 aromatic carbocycles. The quantitative estimate of drug-likeness (QED) is 0.296. The van der Waals surface area contributed by atoms with Crippen molar-refractivity contribution < 1.29 is 32.7 Å². The number of hydrogen-bond acceptors (Lipinski definition) is 6. The number of aliphatic carboxylic acids is 1. The van der Waals surface area contributed by atoms with Crippen molar-refractivity contribution in [3.05, 3.63) is 88.2 Å². The third kappa shape index (κ3) is 6.45. The number of rotatable bonds is 8. The first-order valence-corrected chi connectivity index (χ1v) is 12.3. The molecule has 38 heavy (non-hydrogen) atoms. The zero-order chi connectivity index (χ0) is 27.4. The van der Waals surface area contributed by atoms with Crippen molar-refractivity contribution in [2.75, 3.05) is 11.9 Å². The van der Waals surface area contributed by atoms with Gasteiger partial charge in [0.25, 0.3) is 5.91 Å². The topological polar surface area (TPSA) is 99.6 Å². The molecule has 194 valence electrons. The van der Waals surface area contributed by atoms with Crippen LogP contribution >= 0.6 is 24.0 Å². The predicted octanol–water partition coefficient (Wildman–Crippen LogP) is 5.02. The molecule has 0 spiro atoms. The van der Waals surface area contributed by atoms with Gasteiger partial charge in [-0.25, -0.2) is 18.2 Å². The lowest BCUT2D eigenvalue weighted by Gasteiger charge is -2.14. The van der Waals surface area contributed by atoms with Crippen LogP contribution in [0, 0.1) is 17.5 Å². The highest BCUT2D eigenvalue weighted by Crippen LogP contribution is 2.33. The van der Waals surface area contributed by atoms with Crippen molar-refractivity contribution in [2.45, 2.75) is 12.8 Å². The second kappa shape index (κ2) is 11.6. The molecule has 12 heteroatoms. The minimum absolute atomic E-state index is 0.0467. The molecular weight excluding hydrogens is 539 g/mol. The van der Waals surface area contributed by atoms with Crippen LogP contribution in [0.1, 0.15) is 17.7 Å². The Labute approximate surface area is 224 Å². The van der Waals surface area contributed by atoms with E-state index in [4.69, 9.17) is 17.3 Å². The smallest absolute Gasteiger partial charge is 0.307 e. The molecule has 0 saturated carbocycles. The van der Waals surface area contributed by atoms with Gasteiger partial charge in [-0.1, -0.05) is 36.1 Å². The molecule has 7 nitrogen and oxygen atoms in total. The lowest BCUT2D eigenvalue weighted by Crippen LogP contribution is -2.31. The summed E-state index contributed by atoms with van der Waals surface area (Å²) < 4.78 is 41.3. The second-order valence-electron chi connectivity index (χ2n) is 8.09. The first-order chi connectivity index (χ1) is 18.1. The number of carbonyl (C=O) groups excluding carboxylic acids is 2. The number of carboxylic acid groups (broad SMARTS) is 1. The van der Waals surface area contributed by atoms with Crippen LogP contribution in [0.2, 0.25) is 0 Å². The van der Waals surface area contributed by atoms with Crippen molar-refractivity contribution in [1.82, 2.24) is 9.88 Å². The Kier molecular flexibility index (Phi) is 8.23. The van der Waals surface area contributed by atoms with E-state index >= 15 is 0 Å². The summed E-state index contributed by atoms with van der Waals surface area (Å²) in [5, 5.41) is 11.2. The first kappa shape index (κ1) is 27.0. The molecule has 1 aliphatic heterocycles. The number of halogens is 3. The molecule has 4 rings (SSSR count). The summed E-state index contributed by atoms with van der Waals surface area (Å²) in [6.45, 7) is -0.0467. The number of nitrogens with zero attached hydrogens (tertiary/aromatic N) is 2. The first-order valence-electron chi connectivity index (χ1n) is 11.1. The normalized spacial score (nSPS) is 14.3. The van der Waals surface area contributed by atoms with E-state index in [2.05, 4.69) is 10.3 Å². The molecule has 3 aromatic rings. The molecular formula is C26H18F3N3O4S2. The lowest BCUT2D eigenvalue weighted by atomic mass is 10.1. The van der Waals surface area contributed by atoms with Gasteiger partial charge in [0.1, 0.15) is 10.1 Å². The summed E-state index contributed by atoms with van der Waals surface area (Å²) >= 11 is 6.31. The third-order valence-electron chi connectivity index (χ3n) is 5.36. The van der Waals surface area contributed by atoms with E-state index in [1.165, 1.54) is 29.2 Å². The minimum Gasteiger partial charge on any atom is -0.481 e. The van der Waals surface area contributed by atoms with E-state index in [-0.39, 0.29) is 39.9 Å². The highest BCUT2D eigenvalue weighted by molar-refractivity contribution is 8.26. The molecule has 0 atom stereocenters. The number of hydrogen-bond donors (Lipinski definition) is 2. The summed E-state index contributed by atoms with van der Waals surface area (Å²) in [5.41, 5.74) is 1.29. The molecule has 2 N–H and O–H groups in total. The van der Waals surface area contributed by atoms with Crippen molar-refractivity contribution in [1.29, 1.82) is 0 Å². The molecule has 2 amide bonds. The number of aromatic nitrogens is 1. The summed E-state index contributed by atoms with van der Waals surface area (Å²) in [7, 11) is 0. The van der Waals surface area contributed by atoms with Crippen molar-refractivity contribution in [3.8, 4) is 11.3 Å². The van der Waals surface area contributed by atoms with Crippen LogP contribution in [-0.2, 0) is 20.8 Å². The van der Waals surface area contributed by atoms with Crippen LogP contribution in [0.25, 0.3) is 17.3 Å². The van der Waals surface area contributed by atoms with E-state index in [1.54, 1.807) is 18.2 Å². The standard InChI is InChI=1S/C26H18F3N3O4S2/c27-17-6-5-15(12-18(17)28)20-3-1-2-16(30-20)13-22-25(36)32(26(37)38-22)9-8-23(33)31-21-7-4-14(10-19(21)29)11-24(34)35/h1-7,10,12-13H,8-9,11H2,(H,31,33)(H,34,35). The van der Waals surface area contributed by atoms with Gasteiger partial charge >= 0.3 is 5.97 Å². The summed E-state index contributed by atoms with van der Waals surface area (Å²) in [6, 6.07) is 12.1. The number of carbonyl (C=O) groups is 3. The minimum atomic E-state index is -1.11. The van der Waals surface area contributed by atoms with E-state index in [0.29, 0.717) is 17.0 Å². The molecule has 1 saturated heterocycles. The second-order valence-corrected chi connectivity index (χ2v) is 9.77. The van der Waals surface area contributed by atoms with Crippen LogP contribution < -0.4 is 5.32 Å². The monoisotopic (exact) mass is 557 g/mol. The average Bonchev–Trinajstić information content (AvgIpc) is 3.13. The number of thiocarbonyl (C=S) groups is 1. The average molecular weight is 558 g/mol. The van der Waals surface area contributed by atoms with Crippen LogP contribution in [0.3, 0.4) is 0 Å². The van der Waals surface area contributed by atoms with Gasteiger partial charge in [-0.15, -0.1) is 0 Å². The Balaban J connectivity index is 1.40. The van der Waals surface area contributed by atoms with E-state index in [1.807, 2.05) is 0 Å². The molecule has 1 aromatic heterocycles.